The second kappa shape index (κ2) is 6.54. The molecule has 0 spiro atoms. The van der Waals surface area contributed by atoms with Crippen LogP contribution in [-0.4, -0.2) is 0 Å². The maximum Gasteiger partial charge on any atom is 0.111 e. The zero-order chi connectivity index (χ0) is 5.98. The van der Waals surface area contributed by atoms with Crippen LogP contribution in [0.4, 0.5) is 4.39 Å². The third-order valence-electron chi connectivity index (χ3n) is 0.728. The average molecular weight is 322 g/mol. The normalized spacial score (nSPS) is 14.2. The van der Waals surface area contributed by atoms with Gasteiger partial charge in [-0.15, -0.1) is 5.73 Å². The average Bonchev–Trinajstić information content (AvgIpc) is 1.64. The van der Waals surface area contributed by atoms with Gasteiger partial charge in [0.15, 0.2) is 0 Å². The Hall–Kier alpha value is 0.833. The van der Waals surface area contributed by atoms with Crippen molar-refractivity contribution in [2.75, 3.05) is 0 Å². The molecule has 1 rings (SSSR count). The van der Waals surface area contributed by atoms with E-state index < -0.39 is 0 Å². The molecule has 0 bridgehead atoms. The molecule has 0 aromatic carbocycles. The van der Waals surface area contributed by atoms with E-state index in [1.54, 1.807) is 0 Å². The number of rotatable bonds is 0. The van der Waals surface area contributed by atoms with Gasteiger partial charge in [0.25, 0.3) is 0 Å². The summed E-state index contributed by atoms with van der Waals surface area (Å²) in [7, 11) is 0. The molecule has 1 aliphatic rings. The van der Waals surface area contributed by atoms with Crippen LogP contribution in [0.2, 0.25) is 0 Å². The standard InChI is InChI=1S/C6H3ClF.HI.Zn/c7-5-2-1-3-6(8)4-5;;/h1,3-4H;1H;/p-1. The van der Waals surface area contributed by atoms with Crippen molar-refractivity contribution in [1.82, 2.24) is 0 Å². The molecule has 51 valence electrons. The molecule has 0 heterocycles. The number of hydrogen-bond acceptors (Lipinski definition) is 0. The van der Waals surface area contributed by atoms with Crippen molar-refractivity contribution in [3.05, 3.63) is 35.2 Å². The van der Waals surface area contributed by atoms with Crippen molar-refractivity contribution in [2.45, 2.75) is 0 Å². The minimum absolute atomic E-state index is 0. The summed E-state index contributed by atoms with van der Waals surface area (Å²) < 4.78 is 12.1. The zero-order valence-corrected chi connectivity index (χ0v) is 11.0. The van der Waals surface area contributed by atoms with E-state index in [2.05, 4.69) is 5.73 Å². The minimum atomic E-state index is -0.325. The summed E-state index contributed by atoms with van der Waals surface area (Å²) in [5.41, 5.74) is 2.60. The quantitative estimate of drug-likeness (QED) is 0.316. The maximum atomic E-state index is 12.1. The SMILES string of the molecule is FC1=CC=C=C(Cl)[CH]1.[I-].[Zn]. The van der Waals surface area contributed by atoms with Crippen LogP contribution in [0.1, 0.15) is 0 Å². The van der Waals surface area contributed by atoms with E-state index in [-0.39, 0.29) is 49.3 Å². The molecular formula is C6H3ClFIZn-. The van der Waals surface area contributed by atoms with Crippen molar-refractivity contribution in [3.63, 3.8) is 0 Å². The Kier molecular flexibility index (Phi) is 8.78. The van der Waals surface area contributed by atoms with E-state index in [1.165, 1.54) is 18.6 Å². The van der Waals surface area contributed by atoms with Crippen LogP contribution >= 0.6 is 11.6 Å². The van der Waals surface area contributed by atoms with Crippen LogP contribution in [0.15, 0.2) is 28.7 Å². The molecule has 0 N–H and O–H groups in total. The van der Waals surface area contributed by atoms with Crippen LogP contribution in [0, 0.1) is 6.42 Å². The Morgan fingerprint density at radius 1 is 1.50 bits per heavy atom. The Labute approximate surface area is 94.0 Å². The molecule has 0 saturated carbocycles. The van der Waals surface area contributed by atoms with Crippen molar-refractivity contribution in [2.24, 2.45) is 0 Å². The molecule has 0 aromatic rings. The number of hydrogen-bond donors (Lipinski definition) is 0. The van der Waals surface area contributed by atoms with Gasteiger partial charge in [-0.1, -0.05) is 11.6 Å². The molecule has 10 heavy (non-hydrogen) atoms. The van der Waals surface area contributed by atoms with Gasteiger partial charge in [0.05, 0.1) is 11.5 Å². The Morgan fingerprint density at radius 3 is 2.40 bits per heavy atom. The molecule has 0 amide bonds. The summed E-state index contributed by atoms with van der Waals surface area (Å²) in [6, 6.07) is 0. The number of allylic oxidation sites excluding steroid dienone is 3. The maximum absolute atomic E-state index is 12.1. The van der Waals surface area contributed by atoms with Crippen LogP contribution in [0.5, 0.6) is 0 Å². The van der Waals surface area contributed by atoms with Crippen LogP contribution in [0.25, 0.3) is 0 Å². The largest absolute Gasteiger partial charge is 1.00 e. The summed E-state index contributed by atoms with van der Waals surface area (Å²) >= 11 is 5.35. The number of halogens is 3. The van der Waals surface area contributed by atoms with Gasteiger partial charge in [0.1, 0.15) is 5.83 Å². The van der Waals surface area contributed by atoms with Crippen LogP contribution in [0.3, 0.4) is 0 Å². The molecule has 0 aromatic heterocycles. The Morgan fingerprint density at radius 2 is 2.10 bits per heavy atom. The second-order valence-electron chi connectivity index (χ2n) is 1.35. The van der Waals surface area contributed by atoms with E-state index in [0.717, 1.165) is 0 Å². The molecule has 1 aliphatic carbocycles. The van der Waals surface area contributed by atoms with Crippen molar-refractivity contribution < 1.29 is 47.8 Å². The minimum Gasteiger partial charge on any atom is -1.00 e. The van der Waals surface area contributed by atoms with E-state index in [9.17, 15) is 4.39 Å². The fraction of sp³-hybridized carbons (Fsp3) is 0. The van der Waals surface area contributed by atoms with E-state index in [0.29, 0.717) is 5.03 Å². The van der Waals surface area contributed by atoms with Crippen molar-refractivity contribution >= 4 is 11.6 Å². The third-order valence-corrected chi connectivity index (χ3v) is 0.947. The van der Waals surface area contributed by atoms with E-state index in [4.69, 9.17) is 11.6 Å². The predicted octanol–water partition coefficient (Wildman–Crippen LogP) is -0.663. The molecule has 1 radical (unpaired) electrons. The van der Waals surface area contributed by atoms with Crippen LogP contribution in [-0.2, 0) is 19.5 Å². The van der Waals surface area contributed by atoms with Gasteiger partial charge in [-0.05, 0) is 12.2 Å². The summed E-state index contributed by atoms with van der Waals surface area (Å²) in [5, 5.41) is 0.310. The summed E-state index contributed by atoms with van der Waals surface area (Å²) in [4.78, 5) is 0. The van der Waals surface area contributed by atoms with Crippen molar-refractivity contribution in [3.8, 4) is 0 Å². The first-order valence-electron chi connectivity index (χ1n) is 2.12. The van der Waals surface area contributed by atoms with Gasteiger partial charge < -0.3 is 24.0 Å². The van der Waals surface area contributed by atoms with Gasteiger partial charge in [-0.25, -0.2) is 4.39 Å². The van der Waals surface area contributed by atoms with Gasteiger partial charge in [0.2, 0.25) is 0 Å². The molecular weight excluding hydrogens is 319 g/mol. The summed E-state index contributed by atoms with van der Waals surface area (Å²) in [6.45, 7) is 0. The summed E-state index contributed by atoms with van der Waals surface area (Å²) in [6.07, 6.45) is 3.95. The predicted molar refractivity (Wildman–Crippen MR) is 30.9 cm³/mol. The van der Waals surface area contributed by atoms with Gasteiger partial charge in [0, 0.05) is 19.5 Å². The first kappa shape index (κ1) is 13.4. The Balaban J connectivity index is 0. The zero-order valence-electron chi connectivity index (χ0n) is 5.07. The third kappa shape index (κ3) is 4.62. The molecule has 0 unspecified atom stereocenters. The van der Waals surface area contributed by atoms with Gasteiger partial charge in [-0.3, -0.25) is 0 Å². The molecule has 0 aliphatic heterocycles. The van der Waals surface area contributed by atoms with Gasteiger partial charge in [-0.2, -0.15) is 0 Å². The first-order chi connectivity index (χ1) is 3.79. The molecule has 0 saturated heterocycles. The topological polar surface area (TPSA) is 0 Å². The second-order valence-corrected chi connectivity index (χ2v) is 1.76. The molecule has 0 nitrogen and oxygen atoms in total. The van der Waals surface area contributed by atoms with Crippen molar-refractivity contribution in [1.29, 1.82) is 0 Å². The molecule has 0 atom stereocenters. The van der Waals surface area contributed by atoms with Gasteiger partial charge >= 0.3 is 0 Å². The summed E-state index contributed by atoms with van der Waals surface area (Å²) in [5.74, 6) is -0.325. The molecule has 4 heteroatoms. The monoisotopic (exact) mass is 320 g/mol. The smallest absolute Gasteiger partial charge is 0.111 e. The van der Waals surface area contributed by atoms with Crippen LogP contribution < -0.4 is 24.0 Å². The first-order valence-corrected chi connectivity index (χ1v) is 2.49. The molecule has 0 fully saturated rings. The van der Waals surface area contributed by atoms with E-state index >= 15 is 0 Å². The van der Waals surface area contributed by atoms with E-state index in [1.807, 2.05) is 0 Å². The Bertz CT molecular complexity index is 194. The fourth-order valence-electron chi connectivity index (χ4n) is 0.412. The fourth-order valence-corrected chi connectivity index (χ4v) is 0.579.